The van der Waals surface area contributed by atoms with E-state index < -0.39 is 53.3 Å². The number of rotatable bonds is 7. The Morgan fingerprint density at radius 1 is 1.21 bits per heavy atom. The van der Waals surface area contributed by atoms with Crippen LogP contribution in [-0.2, 0) is 17.1 Å². The number of amides is 2. The van der Waals surface area contributed by atoms with Crippen molar-refractivity contribution in [3.05, 3.63) is 59.1 Å². The molecular formula is C21H18F5N3O5. The molecule has 34 heavy (non-hydrogen) atoms. The van der Waals surface area contributed by atoms with Gasteiger partial charge in [0.2, 0.25) is 5.91 Å². The smallest absolute Gasteiger partial charge is 0.433 e. The van der Waals surface area contributed by atoms with Crippen LogP contribution in [0, 0.1) is 6.92 Å². The Balaban J connectivity index is 2.01. The third kappa shape index (κ3) is 4.64. The fourth-order valence-electron chi connectivity index (χ4n) is 3.11. The minimum Gasteiger partial charge on any atom is -0.461 e. The first kappa shape index (κ1) is 24.9. The van der Waals surface area contributed by atoms with Crippen LogP contribution in [0.5, 0.6) is 5.75 Å². The number of hydrogen-bond donors (Lipinski definition) is 3. The van der Waals surface area contributed by atoms with Gasteiger partial charge < -0.3 is 25.3 Å². The van der Waals surface area contributed by atoms with E-state index in [-0.39, 0.29) is 22.3 Å². The maximum absolute atomic E-state index is 14.7. The summed E-state index contributed by atoms with van der Waals surface area (Å²) in [6.07, 6.45) is -8.87. The highest BCUT2D eigenvalue weighted by atomic mass is 19.4. The van der Waals surface area contributed by atoms with Gasteiger partial charge in [0.25, 0.3) is 5.91 Å². The van der Waals surface area contributed by atoms with E-state index in [1.54, 1.807) is 0 Å². The maximum Gasteiger partial charge on any atom is 0.433 e. The van der Waals surface area contributed by atoms with Gasteiger partial charge in [0, 0.05) is 11.6 Å². The molecule has 2 heterocycles. The standard InChI is InChI=1S/C21H18F5N3O5/c1-10-15(17(31)29-19(2,9-30)18(27)32)12-8-11(5-6-14(12)33-10)34-21(25,26)13-4-3-7-28-16(13)20(22,23)24/h3-8,30H,9H2,1-2H3,(H2,27,32)(H,29,31). The Bertz CT molecular complexity index is 1260. The molecule has 13 heteroatoms. The summed E-state index contributed by atoms with van der Waals surface area (Å²) in [6, 6.07) is 4.61. The lowest BCUT2D eigenvalue weighted by molar-refractivity contribution is -0.196. The highest BCUT2D eigenvalue weighted by Gasteiger charge is 2.46. The fraction of sp³-hybridized carbons (Fsp3) is 0.286. The molecule has 0 aliphatic heterocycles. The average Bonchev–Trinajstić information content (AvgIpc) is 3.07. The fourth-order valence-corrected chi connectivity index (χ4v) is 3.11. The number of fused-ring (bicyclic) bond motifs is 1. The first-order chi connectivity index (χ1) is 15.7. The number of carbonyl (C=O) groups is 2. The number of halogens is 5. The lowest BCUT2D eigenvalue weighted by Gasteiger charge is -2.24. The van der Waals surface area contributed by atoms with Crippen molar-refractivity contribution >= 4 is 22.8 Å². The van der Waals surface area contributed by atoms with Gasteiger partial charge in [0.1, 0.15) is 22.6 Å². The summed E-state index contributed by atoms with van der Waals surface area (Å²) in [5.74, 6) is -2.49. The minimum atomic E-state index is -5.15. The van der Waals surface area contributed by atoms with Crippen molar-refractivity contribution < 1.29 is 45.8 Å². The number of aliphatic hydroxyl groups excluding tert-OH is 1. The number of benzene rings is 1. The molecule has 2 amide bonds. The summed E-state index contributed by atoms with van der Waals surface area (Å²) in [5.41, 5.74) is -0.0461. The Morgan fingerprint density at radius 3 is 2.47 bits per heavy atom. The van der Waals surface area contributed by atoms with E-state index in [0.29, 0.717) is 6.07 Å². The van der Waals surface area contributed by atoms with E-state index in [9.17, 15) is 36.6 Å². The molecule has 0 spiro atoms. The van der Waals surface area contributed by atoms with Crippen molar-refractivity contribution in [1.82, 2.24) is 10.3 Å². The van der Waals surface area contributed by atoms with Crippen LogP contribution in [0.1, 0.15) is 34.3 Å². The van der Waals surface area contributed by atoms with Crippen LogP contribution in [0.25, 0.3) is 11.0 Å². The largest absolute Gasteiger partial charge is 0.461 e. The predicted molar refractivity (Wildman–Crippen MR) is 107 cm³/mol. The molecule has 0 bridgehead atoms. The molecule has 3 rings (SSSR count). The highest BCUT2D eigenvalue weighted by Crippen LogP contribution is 2.40. The number of aliphatic hydroxyl groups is 1. The zero-order valence-electron chi connectivity index (χ0n) is 17.7. The molecule has 0 aliphatic rings. The zero-order valence-corrected chi connectivity index (χ0v) is 17.7. The molecule has 0 radical (unpaired) electrons. The number of carbonyl (C=O) groups excluding carboxylic acids is 2. The van der Waals surface area contributed by atoms with Gasteiger partial charge in [-0.15, -0.1) is 0 Å². The number of nitrogens with zero attached hydrogens (tertiary/aromatic N) is 1. The Labute approximate surface area is 188 Å². The number of hydrogen-bond acceptors (Lipinski definition) is 6. The molecule has 1 unspecified atom stereocenters. The molecule has 3 aromatic rings. The Kier molecular flexibility index (Phi) is 6.26. The third-order valence-corrected chi connectivity index (χ3v) is 4.95. The van der Waals surface area contributed by atoms with Crippen molar-refractivity contribution in [1.29, 1.82) is 0 Å². The number of nitrogens with one attached hydrogen (secondary N) is 1. The number of pyridine rings is 1. The van der Waals surface area contributed by atoms with Gasteiger partial charge in [-0.2, -0.15) is 22.0 Å². The van der Waals surface area contributed by atoms with E-state index in [1.165, 1.54) is 19.9 Å². The summed E-state index contributed by atoms with van der Waals surface area (Å²) in [7, 11) is 0. The molecule has 1 atom stereocenters. The average molecular weight is 487 g/mol. The lowest BCUT2D eigenvalue weighted by atomic mass is 10.0. The lowest BCUT2D eigenvalue weighted by Crippen LogP contribution is -2.57. The third-order valence-electron chi connectivity index (χ3n) is 4.95. The van der Waals surface area contributed by atoms with Crippen LogP contribution >= 0.6 is 0 Å². The van der Waals surface area contributed by atoms with E-state index in [4.69, 9.17) is 10.2 Å². The molecule has 0 fully saturated rings. The van der Waals surface area contributed by atoms with Gasteiger partial charge in [-0.25, -0.2) is 0 Å². The van der Waals surface area contributed by atoms with Crippen LogP contribution in [0.2, 0.25) is 0 Å². The van der Waals surface area contributed by atoms with E-state index >= 15 is 0 Å². The van der Waals surface area contributed by atoms with Crippen molar-refractivity contribution in [2.24, 2.45) is 5.73 Å². The summed E-state index contributed by atoms with van der Waals surface area (Å²) in [4.78, 5) is 27.4. The quantitative estimate of drug-likeness (QED) is 0.439. The molecule has 0 saturated carbocycles. The molecule has 4 N–H and O–H groups in total. The van der Waals surface area contributed by atoms with Gasteiger partial charge >= 0.3 is 12.3 Å². The van der Waals surface area contributed by atoms with Crippen LogP contribution < -0.4 is 15.8 Å². The summed E-state index contributed by atoms with van der Waals surface area (Å²) in [5, 5.41) is 11.6. The Hall–Kier alpha value is -3.74. The number of aryl methyl sites for hydroxylation is 1. The maximum atomic E-state index is 14.7. The van der Waals surface area contributed by atoms with E-state index in [2.05, 4.69) is 15.0 Å². The van der Waals surface area contributed by atoms with Crippen LogP contribution in [0.15, 0.2) is 40.9 Å². The minimum absolute atomic E-state index is 0.0321. The number of furan rings is 1. The summed E-state index contributed by atoms with van der Waals surface area (Å²) in [6.45, 7) is 1.73. The van der Waals surface area contributed by atoms with Crippen LogP contribution in [-0.4, -0.2) is 34.1 Å². The second-order valence-corrected chi connectivity index (χ2v) is 7.52. The van der Waals surface area contributed by atoms with Crippen LogP contribution in [0.4, 0.5) is 22.0 Å². The van der Waals surface area contributed by atoms with Crippen molar-refractivity contribution in [3.8, 4) is 5.75 Å². The molecule has 0 saturated heterocycles. The molecular weight excluding hydrogens is 469 g/mol. The topological polar surface area (TPSA) is 128 Å². The van der Waals surface area contributed by atoms with Crippen LogP contribution in [0.3, 0.4) is 0 Å². The van der Waals surface area contributed by atoms with E-state index in [0.717, 1.165) is 24.4 Å². The molecule has 0 aliphatic carbocycles. The monoisotopic (exact) mass is 487 g/mol. The van der Waals surface area contributed by atoms with E-state index in [1.807, 2.05) is 0 Å². The molecule has 1 aromatic carbocycles. The van der Waals surface area contributed by atoms with Gasteiger partial charge in [0.05, 0.1) is 17.7 Å². The van der Waals surface area contributed by atoms with Gasteiger partial charge in [-0.3, -0.25) is 14.6 Å². The van der Waals surface area contributed by atoms with Crippen molar-refractivity contribution in [2.75, 3.05) is 6.61 Å². The SMILES string of the molecule is Cc1oc2ccc(OC(F)(F)c3cccnc3C(F)(F)F)cc2c1C(=O)NC(C)(CO)C(N)=O. The summed E-state index contributed by atoms with van der Waals surface area (Å²) >= 11 is 0. The normalized spacial score (nSPS) is 14.0. The molecule has 8 nitrogen and oxygen atoms in total. The number of aromatic nitrogens is 1. The first-order valence-electron chi connectivity index (χ1n) is 9.55. The van der Waals surface area contributed by atoms with Gasteiger partial charge in [0.15, 0.2) is 5.69 Å². The first-order valence-corrected chi connectivity index (χ1v) is 9.55. The van der Waals surface area contributed by atoms with Crippen molar-refractivity contribution in [3.63, 3.8) is 0 Å². The predicted octanol–water partition coefficient (Wildman–Crippen LogP) is 3.25. The zero-order chi connectivity index (χ0) is 25.5. The van der Waals surface area contributed by atoms with Gasteiger partial charge in [-0.05, 0) is 44.2 Å². The number of nitrogens with two attached hydrogens (primary N) is 1. The highest BCUT2D eigenvalue weighted by molar-refractivity contribution is 6.09. The second kappa shape index (κ2) is 8.56. The van der Waals surface area contributed by atoms with Gasteiger partial charge in [-0.1, -0.05) is 0 Å². The number of ether oxygens (including phenoxy) is 1. The summed E-state index contributed by atoms with van der Waals surface area (Å²) < 4.78 is 78.8. The Morgan fingerprint density at radius 2 is 1.88 bits per heavy atom. The second-order valence-electron chi connectivity index (χ2n) is 7.52. The number of primary amides is 1. The number of alkyl halides is 5. The molecule has 2 aromatic heterocycles. The molecule has 182 valence electrons. The van der Waals surface area contributed by atoms with Crippen molar-refractivity contribution in [2.45, 2.75) is 31.7 Å².